The number of hydrogen-bond acceptors (Lipinski definition) is 3. The Morgan fingerprint density at radius 1 is 1.13 bits per heavy atom. The summed E-state index contributed by atoms with van der Waals surface area (Å²) < 4.78 is 40.3. The third kappa shape index (κ3) is 3.46. The summed E-state index contributed by atoms with van der Waals surface area (Å²) in [7, 11) is -3.55. The summed E-state index contributed by atoms with van der Waals surface area (Å²) in [6, 6.07) is 11.3. The Labute approximate surface area is 134 Å². The van der Waals surface area contributed by atoms with Gasteiger partial charge in [0.1, 0.15) is 11.6 Å². The van der Waals surface area contributed by atoms with Gasteiger partial charge in [0.15, 0.2) is 0 Å². The minimum Gasteiger partial charge on any atom is -0.506 e. The molecule has 1 aliphatic rings. The summed E-state index contributed by atoms with van der Waals surface area (Å²) in [5.41, 5.74) is 2.00. The van der Waals surface area contributed by atoms with Gasteiger partial charge in [-0.15, -0.1) is 0 Å². The van der Waals surface area contributed by atoms with Crippen molar-refractivity contribution < 1.29 is 17.9 Å². The summed E-state index contributed by atoms with van der Waals surface area (Å²) in [5, 5.41) is 10.1. The number of aromatic hydroxyl groups is 1. The number of anilines is 1. The Balaban J connectivity index is 1.75. The molecule has 0 saturated carbocycles. The van der Waals surface area contributed by atoms with Gasteiger partial charge in [-0.3, -0.25) is 4.31 Å². The Hall–Kier alpha value is -2.12. The Bertz CT molecular complexity index is 824. The van der Waals surface area contributed by atoms with Crippen LogP contribution in [0.3, 0.4) is 0 Å². The number of aryl methyl sites for hydroxylation is 2. The molecule has 0 radical (unpaired) electrons. The van der Waals surface area contributed by atoms with Crippen LogP contribution in [0, 0.1) is 5.82 Å². The van der Waals surface area contributed by atoms with Gasteiger partial charge in [-0.25, -0.2) is 4.39 Å². The highest BCUT2D eigenvalue weighted by Gasteiger charge is 2.29. The van der Waals surface area contributed by atoms with Crippen LogP contribution < -0.4 is 9.03 Å². The molecule has 0 amide bonds. The van der Waals surface area contributed by atoms with Gasteiger partial charge in [-0.2, -0.15) is 13.1 Å². The normalized spacial score (nSPS) is 16.7. The lowest BCUT2D eigenvalue weighted by molar-refractivity contribution is 0.475. The van der Waals surface area contributed by atoms with Crippen molar-refractivity contribution in [1.82, 2.24) is 4.72 Å². The van der Waals surface area contributed by atoms with Crippen LogP contribution in [0.15, 0.2) is 42.5 Å². The molecule has 7 heteroatoms. The topological polar surface area (TPSA) is 69.6 Å². The van der Waals surface area contributed by atoms with Gasteiger partial charge in [-0.1, -0.05) is 18.2 Å². The lowest BCUT2D eigenvalue weighted by Crippen LogP contribution is -2.29. The Morgan fingerprint density at radius 2 is 1.87 bits per heavy atom. The fraction of sp³-hybridized carbons (Fsp3) is 0.250. The minimum absolute atomic E-state index is 0.0750. The first kappa shape index (κ1) is 15.8. The average Bonchev–Trinajstić information content (AvgIpc) is 2.85. The molecule has 0 aliphatic carbocycles. The molecule has 1 fully saturated rings. The van der Waals surface area contributed by atoms with E-state index < -0.39 is 10.2 Å². The highest BCUT2D eigenvalue weighted by molar-refractivity contribution is 7.91. The van der Waals surface area contributed by atoms with E-state index in [2.05, 4.69) is 4.72 Å². The van der Waals surface area contributed by atoms with E-state index in [-0.39, 0.29) is 17.3 Å². The molecular formula is C16H17FN2O3S. The second-order valence-corrected chi connectivity index (χ2v) is 7.10. The molecule has 2 aromatic carbocycles. The van der Waals surface area contributed by atoms with Crippen molar-refractivity contribution in [1.29, 1.82) is 0 Å². The van der Waals surface area contributed by atoms with Crippen molar-refractivity contribution in [3.8, 4) is 5.75 Å². The van der Waals surface area contributed by atoms with Gasteiger partial charge in [-0.05, 0) is 48.2 Å². The zero-order chi connectivity index (χ0) is 16.4. The molecule has 2 N–H and O–H groups in total. The zero-order valence-corrected chi connectivity index (χ0v) is 13.2. The molecule has 1 heterocycles. The van der Waals surface area contributed by atoms with E-state index in [4.69, 9.17) is 0 Å². The molecule has 122 valence electrons. The third-order valence-corrected chi connectivity index (χ3v) is 5.32. The van der Waals surface area contributed by atoms with E-state index in [9.17, 15) is 17.9 Å². The number of phenols is 1. The van der Waals surface area contributed by atoms with E-state index >= 15 is 0 Å². The molecule has 0 atom stereocenters. The Kier molecular flexibility index (Phi) is 4.23. The summed E-state index contributed by atoms with van der Waals surface area (Å²) in [4.78, 5) is 0. The van der Waals surface area contributed by atoms with Crippen LogP contribution in [0.5, 0.6) is 5.75 Å². The highest BCUT2D eigenvalue weighted by atomic mass is 32.2. The van der Waals surface area contributed by atoms with Crippen LogP contribution in [-0.2, 0) is 23.1 Å². The third-order valence-electron chi connectivity index (χ3n) is 3.79. The number of hydrogen-bond donors (Lipinski definition) is 2. The van der Waals surface area contributed by atoms with Crippen LogP contribution in [0.25, 0.3) is 0 Å². The van der Waals surface area contributed by atoms with Crippen molar-refractivity contribution in [2.24, 2.45) is 0 Å². The molecule has 2 aromatic rings. The number of phenolic OH excluding ortho intramolecular Hbond substituents is 1. The summed E-state index contributed by atoms with van der Waals surface area (Å²) in [5.74, 6) is -0.346. The van der Waals surface area contributed by atoms with Crippen molar-refractivity contribution in [2.75, 3.05) is 17.4 Å². The summed E-state index contributed by atoms with van der Waals surface area (Å²) in [6.45, 7) is 0.613. The van der Waals surface area contributed by atoms with Crippen molar-refractivity contribution in [3.63, 3.8) is 0 Å². The van der Waals surface area contributed by atoms with E-state index in [1.807, 2.05) is 6.07 Å². The average molecular weight is 336 g/mol. The first-order valence-electron chi connectivity index (χ1n) is 7.29. The van der Waals surface area contributed by atoms with Crippen LogP contribution in [0.1, 0.15) is 11.1 Å². The maximum atomic E-state index is 13.1. The SMILES string of the molecule is O=S1(=O)NCCN1c1ccc(CCc2cccc(F)c2)cc1O. The van der Waals surface area contributed by atoms with Gasteiger partial charge in [0.05, 0.1) is 5.69 Å². The number of benzene rings is 2. The predicted octanol–water partition coefficient (Wildman–Crippen LogP) is 1.97. The molecule has 0 aromatic heterocycles. The van der Waals surface area contributed by atoms with E-state index in [0.717, 1.165) is 15.4 Å². The first-order valence-corrected chi connectivity index (χ1v) is 8.73. The van der Waals surface area contributed by atoms with Crippen molar-refractivity contribution >= 4 is 15.9 Å². The van der Waals surface area contributed by atoms with Crippen LogP contribution in [0.4, 0.5) is 10.1 Å². The molecule has 0 spiro atoms. The number of nitrogens with zero attached hydrogens (tertiary/aromatic N) is 1. The lowest BCUT2D eigenvalue weighted by atomic mass is 10.0. The monoisotopic (exact) mass is 336 g/mol. The van der Waals surface area contributed by atoms with E-state index in [1.54, 1.807) is 24.3 Å². The summed E-state index contributed by atoms with van der Waals surface area (Å²) in [6.07, 6.45) is 1.27. The molecule has 3 rings (SSSR count). The zero-order valence-electron chi connectivity index (χ0n) is 12.4. The lowest BCUT2D eigenvalue weighted by Gasteiger charge is -2.17. The second-order valence-electron chi connectivity index (χ2n) is 5.42. The predicted molar refractivity (Wildman–Crippen MR) is 86.2 cm³/mol. The smallest absolute Gasteiger partial charge is 0.301 e. The maximum Gasteiger partial charge on any atom is 0.301 e. The molecular weight excluding hydrogens is 319 g/mol. The van der Waals surface area contributed by atoms with Crippen molar-refractivity contribution in [3.05, 3.63) is 59.4 Å². The molecule has 1 saturated heterocycles. The van der Waals surface area contributed by atoms with Gasteiger partial charge in [0.25, 0.3) is 0 Å². The fourth-order valence-electron chi connectivity index (χ4n) is 2.64. The number of nitrogens with one attached hydrogen (secondary N) is 1. The van der Waals surface area contributed by atoms with Crippen LogP contribution in [0.2, 0.25) is 0 Å². The van der Waals surface area contributed by atoms with Gasteiger partial charge in [0, 0.05) is 13.1 Å². The van der Waals surface area contributed by atoms with Gasteiger partial charge >= 0.3 is 10.2 Å². The highest BCUT2D eigenvalue weighted by Crippen LogP contribution is 2.31. The molecule has 5 nitrogen and oxygen atoms in total. The Morgan fingerprint density at radius 3 is 2.48 bits per heavy atom. The maximum absolute atomic E-state index is 13.1. The van der Waals surface area contributed by atoms with Crippen molar-refractivity contribution in [2.45, 2.75) is 12.8 Å². The van der Waals surface area contributed by atoms with Crippen LogP contribution in [-0.4, -0.2) is 26.6 Å². The molecule has 0 bridgehead atoms. The minimum atomic E-state index is -3.55. The van der Waals surface area contributed by atoms with E-state index in [1.165, 1.54) is 12.1 Å². The molecule has 1 aliphatic heterocycles. The quantitative estimate of drug-likeness (QED) is 0.897. The number of rotatable bonds is 4. The van der Waals surface area contributed by atoms with Crippen LogP contribution >= 0.6 is 0 Å². The first-order chi connectivity index (χ1) is 11.0. The molecule has 0 unspecified atom stereocenters. The van der Waals surface area contributed by atoms with Gasteiger partial charge in [0.2, 0.25) is 0 Å². The fourth-order valence-corrected chi connectivity index (χ4v) is 3.89. The standard InChI is InChI=1S/C16H17FN2O3S/c17-14-3-1-2-12(10-14)4-5-13-6-7-15(16(20)11-13)19-9-8-18-23(19,21)22/h1-3,6-7,10-11,18,20H,4-5,8-9H2. The molecule has 23 heavy (non-hydrogen) atoms. The van der Waals surface area contributed by atoms with Gasteiger partial charge < -0.3 is 5.11 Å². The summed E-state index contributed by atoms with van der Waals surface area (Å²) >= 11 is 0. The second kappa shape index (κ2) is 6.17. The largest absolute Gasteiger partial charge is 0.506 e. The number of halogens is 1. The van der Waals surface area contributed by atoms with E-state index in [0.29, 0.717) is 25.9 Å².